The van der Waals surface area contributed by atoms with E-state index < -0.39 is 12.2 Å². The van der Waals surface area contributed by atoms with Crippen molar-refractivity contribution in [1.82, 2.24) is 0 Å². The van der Waals surface area contributed by atoms with Gasteiger partial charge in [-0.1, -0.05) is 188 Å². The molecule has 64 heavy (non-hydrogen) atoms. The van der Waals surface area contributed by atoms with Gasteiger partial charge in [-0.05, 0) is 51.1 Å². The highest BCUT2D eigenvalue weighted by atomic mass is 16.6. The Labute approximate surface area is 375 Å². The van der Waals surface area contributed by atoms with Crippen LogP contribution in [0.3, 0.4) is 0 Å². The van der Waals surface area contributed by atoms with Crippen molar-refractivity contribution >= 4 is 0 Å². The SMILES string of the molecule is c1ccc(COc2ccc(C3Oc4cc(OCc5ccccc5)c(OCc5ccccc5)c(OCc5ccccc5)c4C[C@@H]3OCc3ccccc3)cc2OCc2ccccc2)cc1. The molecule has 0 saturated carbocycles. The average molecular weight is 847 g/mol. The maximum atomic E-state index is 7.17. The molecule has 1 aliphatic rings. The number of hydrogen-bond acceptors (Lipinski definition) is 7. The summed E-state index contributed by atoms with van der Waals surface area (Å²) < 4.78 is 47.3. The molecular weight excluding hydrogens is 797 g/mol. The minimum absolute atomic E-state index is 0.308. The van der Waals surface area contributed by atoms with Crippen molar-refractivity contribution in [3.63, 3.8) is 0 Å². The van der Waals surface area contributed by atoms with Crippen LogP contribution in [-0.2, 0) is 50.8 Å². The van der Waals surface area contributed by atoms with Crippen LogP contribution < -0.4 is 28.4 Å². The summed E-state index contributed by atoms with van der Waals surface area (Å²) in [6, 6.07) is 68.8. The lowest BCUT2D eigenvalue weighted by atomic mass is 9.93. The molecular formula is C57H50O7. The molecule has 320 valence electrons. The van der Waals surface area contributed by atoms with Gasteiger partial charge >= 0.3 is 0 Å². The molecule has 7 heteroatoms. The summed E-state index contributed by atoms with van der Waals surface area (Å²) in [4.78, 5) is 0. The van der Waals surface area contributed by atoms with Crippen LogP contribution in [0.4, 0.5) is 0 Å². The van der Waals surface area contributed by atoms with E-state index in [1.54, 1.807) is 0 Å². The third kappa shape index (κ3) is 10.9. The highest BCUT2D eigenvalue weighted by Crippen LogP contribution is 2.51. The Morgan fingerprint density at radius 3 is 1.22 bits per heavy atom. The maximum absolute atomic E-state index is 7.17. The van der Waals surface area contributed by atoms with Gasteiger partial charge in [-0.25, -0.2) is 0 Å². The van der Waals surface area contributed by atoms with Crippen LogP contribution in [0.25, 0.3) is 0 Å². The molecule has 8 aromatic rings. The fourth-order valence-corrected chi connectivity index (χ4v) is 7.65. The van der Waals surface area contributed by atoms with Crippen LogP contribution in [0.15, 0.2) is 206 Å². The quantitative estimate of drug-likeness (QED) is 0.0803. The van der Waals surface area contributed by atoms with Gasteiger partial charge in [0.1, 0.15) is 44.9 Å². The Balaban J connectivity index is 1.12. The van der Waals surface area contributed by atoms with Crippen molar-refractivity contribution in [3.05, 3.63) is 251 Å². The minimum Gasteiger partial charge on any atom is -0.485 e. The Bertz CT molecular complexity index is 2660. The summed E-state index contributed by atoms with van der Waals surface area (Å²) in [6.07, 6.45) is -0.522. The van der Waals surface area contributed by atoms with E-state index in [1.165, 1.54) is 0 Å². The summed E-state index contributed by atoms with van der Waals surface area (Å²) >= 11 is 0. The normalized spacial score (nSPS) is 14.1. The van der Waals surface area contributed by atoms with E-state index >= 15 is 0 Å². The predicted molar refractivity (Wildman–Crippen MR) is 249 cm³/mol. The van der Waals surface area contributed by atoms with Gasteiger partial charge < -0.3 is 33.2 Å². The van der Waals surface area contributed by atoms with Gasteiger partial charge in [-0.15, -0.1) is 0 Å². The molecule has 0 aromatic heterocycles. The van der Waals surface area contributed by atoms with Gasteiger partial charge in [0.15, 0.2) is 29.1 Å². The second kappa shape index (κ2) is 21.1. The molecule has 7 nitrogen and oxygen atoms in total. The molecule has 0 amide bonds. The second-order valence-electron chi connectivity index (χ2n) is 15.7. The van der Waals surface area contributed by atoms with Gasteiger partial charge in [0.2, 0.25) is 5.75 Å². The van der Waals surface area contributed by atoms with Crippen molar-refractivity contribution in [2.24, 2.45) is 0 Å². The van der Waals surface area contributed by atoms with E-state index in [2.05, 4.69) is 48.5 Å². The van der Waals surface area contributed by atoms with E-state index in [-0.39, 0.29) is 0 Å². The molecule has 1 aliphatic heterocycles. The van der Waals surface area contributed by atoms with Crippen LogP contribution in [0.2, 0.25) is 0 Å². The summed E-state index contributed by atoms with van der Waals surface area (Å²) in [5.41, 5.74) is 7.93. The lowest BCUT2D eigenvalue weighted by Crippen LogP contribution is -2.33. The summed E-state index contributed by atoms with van der Waals surface area (Å²) in [7, 11) is 0. The summed E-state index contributed by atoms with van der Waals surface area (Å²) in [5.74, 6) is 3.45. The van der Waals surface area contributed by atoms with Crippen LogP contribution in [0.1, 0.15) is 50.6 Å². The third-order valence-corrected chi connectivity index (χ3v) is 11.0. The zero-order chi connectivity index (χ0) is 43.2. The second-order valence-corrected chi connectivity index (χ2v) is 15.7. The first kappa shape index (κ1) is 41.9. The maximum Gasteiger partial charge on any atom is 0.204 e. The number of ether oxygens (including phenoxy) is 7. The van der Waals surface area contributed by atoms with Crippen molar-refractivity contribution in [2.45, 2.75) is 58.3 Å². The fourth-order valence-electron chi connectivity index (χ4n) is 7.65. The Kier molecular flexibility index (Phi) is 13.8. The molecule has 0 saturated heterocycles. The van der Waals surface area contributed by atoms with Crippen LogP contribution in [0, 0.1) is 0 Å². The first-order chi connectivity index (χ1) is 31.7. The summed E-state index contributed by atoms with van der Waals surface area (Å²) in [6.45, 7) is 2.08. The Hall–Kier alpha value is -7.48. The number of fused-ring (bicyclic) bond motifs is 1. The minimum atomic E-state index is -0.543. The topological polar surface area (TPSA) is 64.6 Å². The predicted octanol–water partition coefficient (Wildman–Crippen LogP) is 12.8. The molecule has 0 aliphatic carbocycles. The Morgan fingerprint density at radius 2 is 0.750 bits per heavy atom. The molecule has 2 atom stereocenters. The number of hydrogen-bond donors (Lipinski definition) is 0. The largest absolute Gasteiger partial charge is 0.485 e. The van der Waals surface area contributed by atoms with Crippen molar-refractivity contribution < 1.29 is 33.2 Å². The van der Waals surface area contributed by atoms with Crippen LogP contribution in [-0.4, -0.2) is 6.10 Å². The third-order valence-electron chi connectivity index (χ3n) is 11.0. The first-order valence-electron chi connectivity index (χ1n) is 21.7. The monoisotopic (exact) mass is 846 g/mol. The first-order valence-corrected chi connectivity index (χ1v) is 21.7. The van der Waals surface area contributed by atoms with E-state index in [1.807, 2.05) is 158 Å². The molecule has 0 fully saturated rings. The molecule has 0 radical (unpaired) electrons. The smallest absolute Gasteiger partial charge is 0.204 e. The van der Waals surface area contributed by atoms with Gasteiger partial charge in [-0.2, -0.15) is 0 Å². The zero-order valence-corrected chi connectivity index (χ0v) is 35.6. The van der Waals surface area contributed by atoms with Crippen molar-refractivity contribution in [2.75, 3.05) is 0 Å². The highest BCUT2D eigenvalue weighted by Gasteiger charge is 2.37. The molecule has 8 aromatic carbocycles. The van der Waals surface area contributed by atoms with Crippen molar-refractivity contribution in [3.8, 4) is 34.5 Å². The van der Waals surface area contributed by atoms with E-state index in [0.29, 0.717) is 80.6 Å². The molecule has 1 heterocycles. The molecule has 0 spiro atoms. The van der Waals surface area contributed by atoms with Crippen LogP contribution in [0.5, 0.6) is 34.5 Å². The number of rotatable bonds is 19. The molecule has 1 unspecified atom stereocenters. The average Bonchev–Trinajstić information content (AvgIpc) is 3.36. The molecule has 0 bridgehead atoms. The van der Waals surface area contributed by atoms with E-state index in [4.69, 9.17) is 33.2 Å². The number of benzene rings is 8. The Morgan fingerprint density at radius 1 is 0.359 bits per heavy atom. The van der Waals surface area contributed by atoms with Gasteiger partial charge in [0.25, 0.3) is 0 Å². The van der Waals surface area contributed by atoms with Crippen molar-refractivity contribution in [1.29, 1.82) is 0 Å². The highest BCUT2D eigenvalue weighted by molar-refractivity contribution is 5.63. The standard InChI is InChI=1S/C57H50O7/c1-7-19-42(20-8-1)36-58-50-32-31-48(33-52(50)59-37-43-21-9-2-10-22-43)55-53(60-38-44-23-11-3-12-24-44)34-49-51(64-55)35-54(61-39-45-25-13-4-14-26-45)57(63-41-47-29-17-6-18-30-47)56(49)62-40-46-27-15-5-16-28-46/h1-33,35,53,55H,34,36-41H2/t53-,55?/m0/s1. The van der Waals surface area contributed by atoms with Gasteiger partial charge in [-0.3, -0.25) is 0 Å². The van der Waals surface area contributed by atoms with E-state index in [0.717, 1.165) is 44.5 Å². The lowest BCUT2D eigenvalue weighted by Gasteiger charge is -2.36. The van der Waals surface area contributed by atoms with Gasteiger partial charge in [0, 0.05) is 18.1 Å². The zero-order valence-electron chi connectivity index (χ0n) is 35.6. The van der Waals surface area contributed by atoms with Crippen LogP contribution >= 0.6 is 0 Å². The summed E-state index contributed by atoms with van der Waals surface area (Å²) in [5, 5.41) is 0. The molecule has 9 rings (SSSR count). The van der Waals surface area contributed by atoms with Gasteiger partial charge in [0.05, 0.1) is 6.61 Å². The lowest BCUT2D eigenvalue weighted by molar-refractivity contribution is -0.0469. The van der Waals surface area contributed by atoms with E-state index in [9.17, 15) is 0 Å². The fraction of sp³-hybridized carbons (Fsp3) is 0.158. The molecule has 0 N–H and O–H groups in total.